The van der Waals surface area contributed by atoms with Gasteiger partial charge in [0.25, 0.3) is 0 Å². The molecule has 0 aliphatic heterocycles. The van der Waals surface area contributed by atoms with Crippen LogP contribution in [0.2, 0.25) is 18.1 Å². The molecule has 0 spiro atoms. The summed E-state index contributed by atoms with van der Waals surface area (Å²) in [5, 5.41) is 5.01. The Morgan fingerprint density at radius 3 is 1.59 bits per heavy atom. The molecule has 0 radical (unpaired) electrons. The van der Waals surface area contributed by atoms with Gasteiger partial charge in [-0.05, 0) is 52.1 Å². The van der Waals surface area contributed by atoms with Gasteiger partial charge in [0.05, 0.1) is 23.5 Å². The van der Waals surface area contributed by atoms with Crippen molar-refractivity contribution in [2.75, 3.05) is 0 Å². The summed E-state index contributed by atoms with van der Waals surface area (Å²) in [6.07, 6.45) is 0. The highest BCUT2D eigenvalue weighted by Crippen LogP contribution is 2.49. The van der Waals surface area contributed by atoms with Gasteiger partial charge in [0.15, 0.2) is 0 Å². The summed E-state index contributed by atoms with van der Waals surface area (Å²) in [7, 11) is -1.55. The lowest BCUT2D eigenvalue weighted by Gasteiger charge is -2.27. The van der Waals surface area contributed by atoms with Crippen LogP contribution in [-0.2, 0) is 0 Å². The molecule has 0 saturated heterocycles. The molecular weight excluding hydrogens is 718 g/mol. The quantitative estimate of drug-likeness (QED) is 0.135. The topological polar surface area (TPSA) is 51.6 Å². The van der Waals surface area contributed by atoms with E-state index in [9.17, 15) is 0 Å². The third kappa shape index (κ3) is 2.78. The number of aromatic nitrogens is 4. The Balaban J connectivity index is 1.96. The largest absolute Gasteiger partial charge is 0.172 e. The second kappa shape index (κ2) is 7.98. The second-order valence-corrected chi connectivity index (χ2v) is 19.1. The summed E-state index contributed by atoms with van der Waals surface area (Å²) in [4.78, 5) is 1.33. The van der Waals surface area contributed by atoms with Crippen molar-refractivity contribution in [2.24, 2.45) is 0 Å². The van der Waals surface area contributed by atoms with Gasteiger partial charge in [-0.3, -0.25) is 0 Å². The monoisotopic (exact) mass is 736 g/mol. The molecule has 0 unspecified atom stereocenters. The zero-order valence-electron chi connectivity index (χ0n) is 17.8. The first-order chi connectivity index (χ1) is 15.5. The van der Waals surface area contributed by atoms with E-state index in [1.807, 2.05) is 22.7 Å². The first-order valence-electron chi connectivity index (χ1n) is 10.5. The van der Waals surface area contributed by atoms with Crippen LogP contribution >= 0.6 is 91.3 Å². The third-order valence-electron chi connectivity index (χ3n) is 7.00. The molecular formula is C21H18I2N4S4Si. The van der Waals surface area contributed by atoms with Crippen molar-refractivity contribution in [1.29, 1.82) is 0 Å². The Morgan fingerprint density at radius 1 is 0.656 bits per heavy atom. The number of halogens is 2. The Hall–Kier alpha value is -0.0631. The summed E-state index contributed by atoms with van der Waals surface area (Å²) in [6.45, 7) is 9.37. The number of thiophene rings is 2. The van der Waals surface area contributed by atoms with E-state index in [0.717, 1.165) is 22.1 Å². The fraction of sp³-hybridized carbons (Fsp3) is 0.333. The molecule has 4 aromatic heterocycles. The highest BCUT2D eigenvalue weighted by atomic mass is 127. The van der Waals surface area contributed by atoms with Gasteiger partial charge in [-0.15, -0.1) is 22.7 Å². The van der Waals surface area contributed by atoms with Crippen LogP contribution in [0.3, 0.4) is 0 Å². The molecule has 11 heteroatoms. The molecule has 4 heterocycles. The van der Waals surface area contributed by atoms with Crippen molar-refractivity contribution in [3.63, 3.8) is 0 Å². The predicted molar refractivity (Wildman–Crippen MR) is 164 cm³/mol. The lowest BCUT2D eigenvalue weighted by atomic mass is 10.0. The standard InChI is InChI=1S/C21H18I2N4S4Si/c1-5-32(6-2,7-3)21-14(23)12-18-15(24-31-27-18)9-10(20(12)29-21)16-17(26-30-25-16)11-13(22)8(4)28-19(9)11/h5-7H2,1-4H3. The Morgan fingerprint density at radius 2 is 1.09 bits per heavy atom. The van der Waals surface area contributed by atoms with Crippen molar-refractivity contribution in [3.8, 4) is 0 Å². The molecule has 6 aromatic rings. The van der Waals surface area contributed by atoms with Gasteiger partial charge in [-0.2, -0.15) is 17.5 Å². The van der Waals surface area contributed by atoms with Gasteiger partial charge in [0.2, 0.25) is 0 Å². The molecule has 164 valence electrons. The molecule has 4 nitrogen and oxygen atoms in total. The fourth-order valence-corrected chi connectivity index (χ4v) is 17.5. The van der Waals surface area contributed by atoms with E-state index in [-0.39, 0.29) is 0 Å². The number of hydrogen-bond acceptors (Lipinski definition) is 8. The zero-order chi connectivity index (χ0) is 22.4. The highest BCUT2D eigenvalue weighted by Gasteiger charge is 2.35. The molecule has 6 rings (SSSR count). The normalized spacial score (nSPS) is 13.1. The number of benzene rings is 2. The Bertz CT molecular complexity index is 1680. The van der Waals surface area contributed by atoms with Gasteiger partial charge in [0, 0.05) is 47.5 Å². The molecule has 0 aliphatic carbocycles. The Kier molecular flexibility index (Phi) is 5.59. The minimum absolute atomic E-state index is 1.04. The smallest absolute Gasteiger partial charge is 0.115 e. The summed E-state index contributed by atoms with van der Waals surface area (Å²) in [6, 6.07) is 3.83. The van der Waals surface area contributed by atoms with Crippen LogP contribution in [-0.4, -0.2) is 25.6 Å². The first-order valence-corrected chi connectivity index (χ1v) is 18.4. The molecule has 0 aliphatic rings. The van der Waals surface area contributed by atoms with Gasteiger partial charge >= 0.3 is 0 Å². The van der Waals surface area contributed by atoms with Crippen LogP contribution in [0.25, 0.3) is 53.0 Å². The summed E-state index contributed by atoms with van der Waals surface area (Å²) < 4.78 is 26.3. The van der Waals surface area contributed by atoms with Gasteiger partial charge in [-0.1, -0.05) is 38.9 Å². The molecule has 0 fully saturated rings. The van der Waals surface area contributed by atoms with Crippen LogP contribution in [0.1, 0.15) is 25.6 Å². The highest BCUT2D eigenvalue weighted by molar-refractivity contribution is 14.1. The maximum atomic E-state index is 4.85. The van der Waals surface area contributed by atoms with Crippen molar-refractivity contribution in [2.45, 2.75) is 45.8 Å². The maximum absolute atomic E-state index is 4.85. The van der Waals surface area contributed by atoms with Gasteiger partial charge < -0.3 is 0 Å². The molecule has 0 saturated carbocycles. The summed E-state index contributed by atoms with van der Waals surface area (Å²) in [5.41, 5.74) is 4.19. The molecule has 32 heavy (non-hydrogen) atoms. The van der Waals surface area contributed by atoms with Crippen molar-refractivity contribution >= 4 is 157 Å². The van der Waals surface area contributed by atoms with E-state index in [1.165, 1.54) is 84.6 Å². The average Bonchev–Trinajstić information content (AvgIpc) is 3.57. The SMILES string of the molecule is CC[Si](CC)(CC)c1sc2c(c1I)c1nsnc1c1c3sc(C)c(I)c3c3nsnc3c21. The zero-order valence-corrected chi connectivity index (χ0v) is 26.4. The molecule has 2 aromatic carbocycles. The van der Waals surface area contributed by atoms with E-state index in [0.29, 0.717) is 0 Å². The van der Waals surface area contributed by atoms with Crippen molar-refractivity contribution in [3.05, 3.63) is 12.0 Å². The van der Waals surface area contributed by atoms with Crippen molar-refractivity contribution < 1.29 is 0 Å². The minimum Gasteiger partial charge on any atom is -0.172 e. The van der Waals surface area contributed by atoms with Crippen molar-refractivity contribution in [1.82, 2.24) is 17.5 Å². The molecule has 0 amide bonds. The number of hydrogen-bond donors (Lipinski definition) is 0. The molecule has 0 bridgehead atoms. The lowest BCUT2D eigenvalue weighted by Crippen LogP contribution is -2.45. The summed E-state index contributed by atoms with van der Waals surface area (Å²) in [5.74, 6) is 0. The minimum atomic E-state index is -1.55. The first kappa shape index (κ1) is 22.4. The van der Waals surface area contributed by atoms with E-state index >= 15 is 0 Å². The average molecular weight is 737 g/mol. The second-order valence-electron chi connectivity index (χ2n) is 8.14. The van der Waals surface area contributed by atoms with Gasteiger partial charge in [-0.25, -0.2) is 0 Å². The number of fused-ring (bicyclic) bond motifs is 11. The predicted octanol–water partition coefficient (Wildman–Crippen LogP) is 8.51. The van der Waals surface area contributed by atoms with E-state index in [4.69, 9.17) is 17.5 Å². The van der Waals surface area contributed by atoms with Crippen LogP contribution in [0.5, 0.6) is 0 Å². The number of rotatable bonds is 4. The lowest BCUT2D eigenvalue weighted by molar-refractivity contribution is 1.20. The molecule has 0 atom stereocenters. The summed E-state index contributed by atoms with van der Waals surface area (Å²) >= 11 is 11.6. The number of nitrogens with zero attached hydrogens (tertiary/aromatic N) is 4. The number of aryl methyl sites for hydroxylation is 1. The van der Waals surface area contributed by atoms with Gasteiger partial charge in [0.1, 0.15) is 30.1 Å². The van der Waals surface area contributed by atoms with Crippen LogP contribution in [0.15, 0.2) is 0 Å². The maximum Gasteiger partial charge on any atom is 0.115 e. The molecule has 0 N–H and O–H groups in total. The van der Waals surface area contributed by atoms with Crippen LogP contribution in [0.4, 0.5) is 0 Å². The fourth-order valence-electron chi connectivity index (χ4n) is 5.00. The van der Waals surface area contributed by atoms with E-state index in [2.05, 4.69) is 72.9 Å². The van der Waals surface area contributed by atoms with E-state index in [1.54, 1.807) is 4.50 Å². The van der Waals surface area contributed by atoms with Crippen LogP contribution in [0, 0.1) is 14.1 Å². The van der Waals surface area contributed by atoms with E-state index < -0.39 is 8.07 Å². The third-order valence-corrected chi connectivity index (χ3v) is 20.7. The van der Waals surface area contributed by atoms with Crippen LogP contribution < -0.4 is 4.50 Å². The Labute approximate surface area is 229 Å².